The highest BCUT2D eigenvalue weighted by Gasteiger charge is 2.43. The molecule has 1 amide bonds. The molecule has 0 atom stereocenters. The van der Waals surface area contributed by atoms with Crippen molar-refractivity contribution in [3.8, 4) is 0 Å². The molecule has 94 valence electrons. The molecule has 0 bridgehead atoms. The van der Waals surface area contributed by atoms with E-state index in [1.54, 1.807) is 6.20 Å². The zero-order valence-electron chi connectivity index (χ0n) is 10.7. The number of hydrogen-bond donors (Lipinski definition) is 1. The Morgan fingerprint density at radius 1 is 1.44 bits per heavy atom. The molecule has 3 rings (SSSR count). The Morgan fingerprint density at radius 2 is 2.22 bits per heavy atom. The minimum atomic E-state index is -0.305. The van der Waals surface area contributed by atoms with Crippen LogP contribution >= 0.6 is 0 Å². The molecule has 2 heterocycles. The van der Waals surface area contributed by atoms with E-state index in [1.165, 1.54) is 0 Å². The summed E-state index contributed by atoms with van der Waals surface area (Å²) in [5, 5.41) is 2.94. The van der Waals surface area contributed by atoms with Gasteiger partial charge in [-0.25, -0.2) is 4.98 Å². The summed E-state index contributed by atoms with van der Waals surface area (Å²) in [7, 11) is 0. The number of anilines is 1. The van der Waals surface area contributed by atoms with Crippen molar-refractivity contribution in [2.24, 2.45) is 11.3 Å². The van der Waals surface area contributed by atoms with Gasteiger partial charge in [-0.05, 0) is 30.9 Å². The Kier molecular flexibility index (Phi) is 2.40. The average molecular weight is 243 g/mol. The van der Waals surface area contributed by atoms with Gasteiger partial charge in [0.25, 0.3) is 0 Å². The van der Waals surface area contributed by atoms with E-state index in [4.69, 9.17) is 0 Å². The molecule has 0 spiro atoms. The van der Waals surface area contributed by atoms with Crippen LogP contribution in [0.25, 0.3) is 5.52 Å². The number of pyridine rings is 1. The topological polar surface area (TPSA) is 46.4 Å². The first kappa shape index (κ1) is 11.3. The van der Waals surface area contributed by atoms with E-state index < -0.39 is 0 Å². The van der Waals surface area contributed by atoms with Crippen molar-refractivity contribution in [2.75, 3.05) is 5.32 Å². The van der Waals surface area contributed by atoms with Gasteiger partial charge in [-0.3, -0.25) is 14.5 Å². The SMILES string of the molecule is CC(C)(C(=O)Nc1ncc2ccccn12)C1CC1. The highest BCUT2D eigenvalue weighted by atomic mass is 16.2. The summed E-state index contributed by atoms with van der Waals surface area (Å²) in [5.41, 5.74) is 0.678. The summed E-state index contributed by atoms with van der Waals surface area (Å²) >= 11 is 0. The lowest BCUT2D eigenvalue weighted by atomic mass is 9.86. The quantitative estimate of drug-likeness (QED) is 0.901. The van der Waals surface area contributed by atoms with E-state index in [-0.39, 0.29) is 11.3 Å². The first-order chi connectivity index (χ1) is 8.59. The summed E-state index contributed by atoms with van der Waals surface area (Å²) in [5.74, 6) is 1.18. The molecule has 1 aliphatic carbocycles. The number of carbonyl (C=O) groups excluding carboxylic acids is 1. The van der Waals surface area contributed by atoms with E-state index in [2.05, 4.69) is 10.3 Å². The van der Waals surface area contributed by atoms with E-state index in [0.29, 0.717) is 11.9 Å². The summed E-state index contributed by atoms with van der Waals surface area (Å²) in [4.78, 5) is 16.6. The van der Waals surface area contributed by atoms with Gasteiger partial charge in [-0.1, -0.05) is 19.9 Å². The minimum absolute atomic E-state index is 0.0568. The molecule has 0 radical (unpaired) electrons. The van der Waals surface area contributed by atoms with E-state index in [1.807, 2.05) is 42.6 Å². The van der Waals surface area contributed by atoms with Crippen molar-refractivity contribution in [2.45, 2.75) is 26.7 Å². The third kappa shape index (κ3) is 1.78. The maximum atomic E-state index is 12.3. The van der Waals surface area contributed by atoms with Crippen molar-refractivity contribution in [1.82, 2.24) is 9.38 Å². The molecular formula is C14H17N3O. The molecule has 0 saturated heterocycles. The van der Waals surface area contributed by atoms with Crippen LogP contribution in [0.1, 0.15) is 26.7 Å². The fourth-order valence-corrected chi connectivity index (χ4v) is 2.29. The number of aromatic nitrogens is 2. The molecule has 1 fully saturated rings. The van der Waals surface area contributed by atoms with Crippen molar-refractivity contribution in [1.29, 1.82) is 0 Å². The first-order valence-electron chi connectivity index (χ1n) is 6.32. The summed E-state index contributed by atoms with van der Waals surface area (Å²) < 4.78 is 1.89. The Hall–Kier alpha value is -1.84. The van der Waals surface area contributed by atoms with Gasteiger partial charge < -0.3 is 0 Å². The van der Waals surface area contributed by atoms with Crippen LogP contribution in [-0.2, 0) is 4.79 Å². The number of hydrogen-bond acceptors (Lipinski definition) is 2. The van der Waals surface area contributed by atoms with Crippen LogP contribution in [0.5, 0.6) is 0 Å². The van der Waals surface area contributed by atoms with Gasteiger partial charge in [0, 0.05) is 11.6 Å². The van der Waals surface area contributed by atoms with Gasteiger partial charge in [0.2, 0.25) is 11.9 Å². The van der Waals surface area contributed by atoms with Crippen LogP contribution in [-0.4, -0.2) is 15.3 Å². The number of fused-ring (bicyclic) bond motifs is 1. The van der Waals surface area contributed by atoms with Crippen molar-refractivity contribution >= 4 is 17.4 Å². The minimum Gasteiger partial charge on any atom is -0.295 e. The number of nitrogens with zero attached hydrogens (tertiary/aromatic N) is 2. The fourth-order valence-electron chi connectivity index (χ4n) is 2.29. The molecule has 4 heteroatoms. The van der Waals surface area contributed by atoms with Gasteiger partial charge in [0.1, 0.15) is 0 Å². The molecular weight excluding hydrogens is 226 g/mol. The van der Waals surface area contributed by atoms with Gasteiger partial charge in [0.15, 0.2) is 0 Å². The second-order valence-corrected chi connectivity index (χ2v) is 5.53. The number of imidazole rings is 1. The molecule has 18 heavy (non-hydrogen) atoms. The lowest BCUT2D eigenvalue weighted by Gasteiger charge is -2.22. The zero-order valence-corrected chi connectivity index (χ0v) is 10.7. The third-order valence-electron chi connectivity index (χ3n) is 3.85. The normalized spacial score (nSPS) is 15.9. The predicted octanol–water partition coefficient (Wildman–Crippen LogP) is 2.71. The summed E-state index contributed by atoms with van der Waals surface area (Å²) in [6.45, 7) is 4.02. The Bertz CT molecular complexity index is 596. The van der Waals surface area contributed by atoms with Gasteiger partial charge in [-0.15, -0.1) is 0 Å². The van der Waals surface area contributed by atoms with Gasteiger partial charge in [-0.2, -0.15) is 0 Å². The zero-order chi connectivity index (χ0) is 12.8. The molecule has 0 aliphatic heterocycles. The smallest absolute Gasteiger partial charge is 0.232 e. The number of nitrogens with one attached hydrogen (secondary N) is 1. The largest absolute Gasteiger partial charge is 0.295 e. The standard InChI is InChI=1S/C14H17N3O/c1-14(2,10-6-7-10)12(18)16-13-15-9-11-5-3-4-8-17(11)13/h3-5,8-10H,6-7H2,1-2H3,(H,15,16,18). The van der Waals surface area contributed by atoms with Crippen LogP contribution < -0.4 is 5.32 Å². The van der Waals surface area contributed by atoms with E-state index in [0.717, 1.165) is 18.4 Å². The van der Waals surface area contributed by atoms with E-state index >= 15 is 0 Å². The maximum absolute atomic E-state index is 12.3. The molecule has 4 nitrogen and oxygen atoms in total. The molecule has 0 aromatic carbocycles. The van der Waals surface area contributed by atoms with Gasteiger partial charge >= 0.3 is 0 Å². The highest BCUT2D eigenvalue weighted by molar-refractivity contribution is 5.94. The van der Waals surface area contributed by atoms with Crippen molar-refractivity contribution in [3.05, 3.63) is 30.6 Å². The molecule has 1 aliphatic rings. The Balaban J connectivity index is 1.86. The van der Waals surface area contributed by atoms with Crippen LogP contribution in [0.3, 0.4) is 0 Å². The molecule has 1 N–H and O–H groups in total. The lowest BCUT2D eigenvalue weighted by Crippen LogP contribution is -2.33. The second-order valence-electron chi connectivity index (χ2n) is 5.53. The number of rotatable bonds is 3. The maximum Gasteiger partial charge on any atom is 0.232 e. The van der Waals surface area contributed by atoms with Crippen molar-refractivity contribution in [3.63, 3.8) is 0 Å². The second kappa shape index (κ2) is 3.83. The van der Waals surface area contributed by atoms with Crippen LogP contribution in [0.4, 0.5) is 5.95 Å². The predicted molar refractivity (Wildman–Crippen MR) is 70.3 cm³/mol. The van der Waals surface area contributed by atoms with E-state index in [9.17, 15) is 4.79 Å². The molecule has 1 saturated carbocycles. The van der Waals surface area contributed by atoms with Crippen LogP contribution in [0.2, 0.25) is 0 Å². The van der Waals surface area contributed by atoms with Crippen molar-refractivity contribution < 1.29 is 4.79 Å². The number of amides is 1. The molecule has 2 aromatic heterocycles. The highest BCUT2D eigenvalue weighted by Crippen LogP contribution is 2.45. The Morgan fingerprint density at radius 3 is 2.94 bits per heavy atom. The fraction of sp³-hybridized carbons (Fsp3) is 0.429. The molecule has 0 unspecified atom stereocenters. The molecule has 2 aromatic rings. The third-order valence-corrected chi connectivity index (χ3v) is 3.85. The number of carbonyl (C=O) groups is 1. The Labute approximate surface area is 106 Å². The first-order valence-corrected chi connectivity index (χ1v) is 6.32. The summed E-state index contributed by atoms with van der Waals surface area (Å²) in [6.07, 6.45) is 5.98. The monoisotopic (exact) mass is 243 g/mol. The van der Waals surface area contributed by atoms with Gasteiger partial charge in [0.05, 0.1) is 11.7 Å². The van der Waals surface area contributed by atoms with Crippen LogP contribution in [0, 0.1) is 11.3 Å². The van der Waals surface area contributed by atoms with Crippen LogP contribution in [0.15, 0.2) is 30.6 Å². The average Bonchev–Trinajstić information content (AvgIpc) is 3.14. The summed E-state index contributed by atoms with van der Waals surface area (Å²) in [6, 6.07) is 5.85. The lowest BCUT2D eigenvalue weighted by molar-refractivity contribution is -0.125.